The molecule has 3 N–H and O–H groups in total. The second-order valence-corrected chi connectivity index (χ2v) is 5.03. The summed E-state index contributed by atoms with van der Waals surface area (Å²) in [4.78, 5) is 12.2. The molecule has 3 aromatic rings. The number of anilines is 2. The summed E-state index contributed by atoms with van der Waals surface area (Å²) < 4.78 is 1.64. The Kier molecular flexibility index (Phi) is 3.62. The first kappa shape index (κ1) is 13.9. The number of carbonyl (C=O) groups excluding carboxylic acids is 1. The molecule has 0 unspecified atom stereocenters. The highest BCUT2D eigenvalue weighted by Gasteiger charge is 2.12. The summed E-state index contributed by atoms with van der Waals surface area (Å²) in [5.74, 6) is 0.124. The van der Waals surface area contributed by atoms with Crippen molar-refractivity contribution in [2.75, 3.05) is 11.1 Å². The Morgan fingerprint density at radius 1 is 1.09 bits per heavy atom. The van der Waals surface area contributed by atoms with Crippen molar-refractivity contribution in [3.05, 3.63) is 71.9 Å². The molecule has 0 atom stereocenters. The van der Waals surface area contributed by atoms with Crippen LogP contribution in [0.25, 0.3) is 5.69 Å². The first-order valence-corrected chi connectivity index (χ1v) is 6.92. The molecule has 0 aliphatic rings. The van der Waals surface area contributed by atoms with Crippen LogP contribution >= 0.6 is 0 Å². The van der Waals surface area contributed by atoms with Gasteiger partial charge in [0.25, 0.3) is 5.91 Å². The van der Waals surface area contributed by atoms with E-state index in [9.17, 15) is 4.79 Å². The molecular formula is C17H16N4O. The fourth-order valence-electron chi connectivity index (χ4n) is 2.08. The highest BCUT2D eigenvalue weighted by atomic mass is 16.1. The Morgan fingerprint density at radius 3 is 2.45 bits per heavy atom. The number of aryl methyl sites for hydroxylation is 1. The van der Waals surface area contributed by atoms with Crippen LogP contribution in [-0.2, 0) is 0 Å². The van der Waals surface area contributed by atoms with E-state index in [1.165, 1.54) is 0 Å². The largest absolute Gasteiger partial charge is 0.394 e. The molecule has 2 aromatic carbocycles. The summed E-state index contributed by atoms with van der Waals surface area (Å²) in [6.45, 7) is 1.97. The van der Waals surface area contributed by atoms with Gasteiger partial charge in [0.15, 0.2) is 5.82 Å². The number of hydrogen-bond acceptors (Lipinski definition) is 3. The van der Waals surface area contributed by atoms with Gasteiger partial charge < -0.3 is 11.1 Å². The average molecular weight is 292 g/mol. The molecule has 5 nitrogen and oxygen atoms in total. The van der Waals surface area contributed by atoms with Crippen molar-refractivity contribution in [3.63, 3.8) is 0 Å². The third-order valence-electron chi connectivity index (χ3n) is 3.31. The zero-order chi connectivity index (χ0) is 15.5. The molecule has 0 aliphatic heterocycles. The molecule has 110 valence electrons. The van der Waals surface area contributed by atoms with Crippen molar-refractivity contribution in [1.82, 2.24) is 9.78 Å². The highest BCUT2D eigenvalue weighted by molar-refractivity contribution is 6.05. The van der Waals surface area contributed by atoms with Crippen LogP contribution in [0.3, 0.4) is 0 Å². The highest BCUT2D eigenvalue weighted by Crippen LogP contribution is 2.19. The fraction of sp³-hybridized carbons (Fsp3) is 0.0588. The monoisotopic (exact) mass is 292 g/mol. The molecule has 0 fully saturated rings. The van der Waals surface area contributed by atoms with E-state index in [1.807, 2.05) is 49.4 Å². The summed E-state index contributed by atoms with van der Waals surface area (Å²) >= 11 is 0. The Balaban J connectivity index is 1.82. The van der Waals surface area contributed by atoms with Crippen LogP contribution in [-0.4, -0.2) is 15.7 Å². The van der Waals surface area contributed by atoms with Gasteiger partial charge in [0.1, 0.15) is 0 Å². The third-order valence-corrected chi connectivity index (χ3v) is 3.31. The fourth-order valence-corrected chi connectivity index (χ4v) is 2.08. The molecule has 22 heavy (non-hydrogen) atoms. The van der Waals surface area contributed by atoms with Crippen molar-refractivity contribution in [2.24, 2.45) is 0 Å². The molecular weight excluding hydrogens is 276 g/mol. The minimum atomic E-state index is -0.231. The molecule has 0 spiro atoms. The molecule has 0 saturated carbocycles. The lowest BCUT2D eigenvalue weighted by molar-refractivity contribution is 0.102. The number of nitrogen functional groups attached to an aromatic ring is 1. The zero-order valence-corrected chi connectivity index (χ0v) is 12.2. The number of amides is 1. The van der Waals surface area contributed by atoms with Gasteiger partial charge in [-0.05, 0) is 31.2 Å². The van der Waals surface area contributed by atoms with Gasteiger partial charge in [0.2, 0.25) is 0 Å². The predicted octanol–water partition coefficient (Wildman–Crippen LogP) is 3.02. The standard InChI is InChI=1S/C17H16N4O/c1-12-7-9-13(10-8-12)17(22)19-16-15(18)11-21(20-16)14-5-3-2-4-6-14/h2-11H,18H2,1H3,(H,19,20,22). The smallest absolute Gasteiger partial charge is 0.256 e. The Hall–Kier alpha value is -3.08. The second kappa shape index (κ2) is 5.73. The van der Waals surface area contributed by atoms with Gasteiger partial charge in [0, 0.05) is 5.56 Å². The number of benzene rings is 2. The van der Waals surface area contributed by atoms with E-state index < -0.39 is 0 Å². The summed E-state index contributed by atoms with van der Waals surface area (Å²) in [6.07, 6.45) is 1.68. The summed E-state index contributed by atoms with van der Waals surface area (Å²) in [5, 5.41) is 7.06. The van der Waals surface area contributed by atoms with Crippen LogP contribution < -0.4 is 11.1 Å². The van der Waals surface area contributed by atoms with Gasteiger partial charge >= 0.3 is 0 Å². The van der Waals surface area contributed by atoms with Crippen LogP contribution in [0.2, 0.25) is 0 Å². The molecule has 1 heterocycles. The Bertz CT molecular complexity index is 791. The quantitative estimate of drug-likeness (QED) is 0.779. The SMILES string of the molecule is Cc1ccc(C(=O)Nc2nn(-c3ccccc3)cc2N)cc1. The lowest BCUT2D eigenvalue weighted by atomic mass is 10.1. The van der Waals surface area contributed by atoms with E-state index >= 15 is 0 Å². The average Bonchev–Trinajstić information content (AvgIpc) is 2.90. The van der Waals surface area contributed by atoms with Crippen LogP contribution in [0.15, 0.2) is 60.8 Å². The van der Waals surface area contributed by atoms with E-state index in [4.69, 9.17) is 5.73 Å². The Labute approximate surface area is 128 Å². The van der Waals surface area contributed by atoms with Gasteiger partial charge in [-0.25, -0.2) is 4.68 Å². The normalized spacial score (nSPS) is 10.4. The number of para-hydroxylation sites is 1. The van der Waals surface area contributed by atoms with Crippen molar-refractivity contribution in [1.29, 1.82) is 0 Å². The number of rotatable bonds is 3. The maximum atomic E-state index is 12.2. The van der Waals surface area contributed by atoms with E-state index in [1.54, 1.807) is 23.0 Å². The molecule has 1 aromatic heterocycles. The lowest BCUT2D eigenvalue weighted by Crippen LogP contribution is -2.13. The number of hydrogen-bond donors (Lipinski definition) is 2. The molecule has 5 heteroatoms. The van der Waals surface area contributed by atoms with Crippen LogP contribution in [0.5, 0.6) is 0 Å². The minimum Gasteiger partial charge on any atom is -0.394 e. The maximum Gasteiger partial charge on any atom is 0.256 e. The van der Waals surface area contributed by atoms with Gasteiger partial charge in [-0.1, -0.05) is 35.9 Å². The molecule has 0 bridgehead atoms. The zero-order valence-electron chi connectivity index (χ0n) is 12.2. The van der Waals surface area contributed by atoms with Gasteiger partial charge in [-0.15, -0.1) is 5.10 Å². The maximum absolute atomic E-state index is 12.2. The molecule has 0 saturated heterocycles. The third kappa shape index (κ3) is 2.83. The number of nitrogens with two attached hydrogens (primary N) is 1. The topological polar surface area (TPSA) is 72.9 Å². The van der Waals surface area contributed by atoms with Crippen molar-refractivity contribution in [3.8, 4) is 5.69 Å². The second-order valence-electron chi connectivity index (χ2n) is 5.03. The molecule has 3 rings (SSSR count). The van der Waals surface area contributed by atoms with Gasteiger partial charge in [0.05, 0.1) is 17.6 Å². The van der Waals surface area contributed by atoms with Gasteiger partial charge in [-0.3, -0.25) is 4.79 Å². The van der Waals surface area contributed by atoms with Crippen molar-refractivity contribution in [2.45, 2.75) is 6.92 Å². The Morgan fingerprint density at radius 2 is 1.77 bits per heavy atom. The van der Waals surface area contributed by atoms with Crippen molar-refractivity contribution < 1.29 is 4.79 Å². The number of nitrogens with one attached hydrogen (secondary N) is 1. The first-order chi connectivity index (χ1) is 10.6. The number of aromatic nitrogens is 2. The number of carbonyl (C=O) groups is 1. The summed E-state index contributed by atoms with van der Waals surface area (Å²) in [5.41, 5.74) is 8.90. The van der Waals surface area contributed by atoms with Crippen molar-refractivity contribution >= 4 is 17.4 Å². The number of nitrogens with zero attached hydrogens (tertiary/aromatic N) is 2. The molecule has 0 radical (unpaired) electrons. The summed E-state index contributed by atoms with van der Waals surface area (Å²) in [6, 6.07) is 16.9. The van der Waals surface area contributed by atoms with E-state index in [2.05, 4.69) is 10.4 Å². The van der Waals surface area contributed by atoms with Crippen LogP contribution in [0.1, 0.15) is 15.9 Å². The van der Waals surface area contributed by atoms with Crippen LogP contribution in [0, 0.1) is 6.92 Å². The molecule has 0 aliphatic carbocycles. The predicted molar refractivity (Wildman–Crippen MR) is 87.1 cm³/mol. The lowest BCUT2D eigenvalue weighted by Gasteiger charge is -2.03. The first-order valence-electron chi connectivity index (χ1n) is 6.92. The van der Waals surface area contributed by atoms with Gasteiger partial charge in [-0.2, -0.15) is 0 Å². The van der Waals surface area contributed by atoms with E-state index in [0.29, 0.717) is 17.1 Å². The van der Waals surface area contributed by atoms with Crippen LogP contribution in [0.4, 0.5) is 11.5 Å². The summed E-state index contributed by atoms with van der Waals surface area (Å²) in [7, 11) is 0. The van der Waals surface area contributed by atoms with E-state index in [-0.39, 0.29) is 5.91 Å². The minimum absolute atomic E-state index is 0.231. The molecule has 1 amide bonds. The van der Waals surface area contributed by atoms with E-state index in [0.717, 1.165) is 11.3 Å².